The number of fused-ring (bicyclic) bond motifs is 4. The molecule has 8 heteroatoms. The highest BCUT2D eigenvalue weighted by Gasteiger charge is 2.25. The number of hydrogen-bond acceptors (Lipinski definition) is 6. The van der Waals surface area contributed by atoms with E-state index < -0.39 is 6.61 Å². The topological polar surface area (TPSA) is 96.2 Å². The fourth-order valence-corrected chi connectivity index (χ4v) is 5.64. The first-order valence-corrected chi connectivity index (χ1v) is 12.5. The van der Waals surface area contributed by atoms with Gasteiger partial charge in [0.05, 0.1) is 5.52 Å². The van der Waals surface area contributed by atoms with Crippen LogP contribution in [0, 0.1) is 5.92 Å². The molecule has 3 aromatic heterocycles. The van der Waals surface area contributed by atoms with Gasteiger partial charge < -0.3 is 19.9 Å². The summed E-state index contributed by atoms with van der Waals surface area (Å²) in [5, 5.41) is 14.7. The van der Waals surface area contributed by atoms with E-state index in [-0.39, 0.29) is 5.91 Å². The van der Waals surface area contributed by atoms with Crippen LogP contribution in [-0.2, 0) is 17.8 Å². The van der Waals surface area contributed by atoms with Crippen molar-refractivity contribution >= 4 is 39.6 Å². The summed E-state index contributed by atoms with van der Waals surface area (Å²) in [7, 11) is 0. The van der Waals surface area contributed by atoms with E-state index >= 15 is 0 Å². The summed E-state index contributed by atoms with van der Waals surface area (Å²) in [5.41, 5.74) is 4.35. The highest BCUT2D eigenvalue weighted by molar-refractivity contribution is 6.06. The van der Waals surface area contributed by atoms with E-state index in [0.29, 0.717) is 30.9 Å². The summed E-state index contributed by atoms with van der Waals surface area (Å²) in [6.07, 6.45) is 9.28. The molecule has 8 nitrogen and oxygen atoms in total. The number of aliphatic hydroxyl groups is 1. The maximum atomic E-state index is 11.8. The molecule has 180 valence electrons. The van der Waals surface area contributed by atoms with Crippen LogP contribution in [-0.4, -0.2) is 48.6 Å². The molecule has 1 amide bonds. The summed E-state index contributed by atoms with van der Waals surface area (Å²) in [5.74, 6) is 1.77. The van der Waals surface area contributed by atoms with Gasteiger partial charge in [-0.3, -0.25) is 4.79 Å². The second kappa shape index (κ2) is 8.92. The Morgan fingerprint density at radius 2 is 1.91 bits per heavy atom. The quantitative estimate of drug-likeness (QED) is 0.460. The second-order valence-corrected chi connectivity index (χ2v) is 9.92. The summed E-state index contributed by atoms with van der Waals surface area (Å²) in [6, 6.07) is 11.0. The third-order valence-electron chi connectivity index (χ3n) is 7.62. The average Bonchev–Trinajstić information content (AvgIpc) is 3.22. The van der Waals surface area contributed by atoms with Crippen LogP contribution >= 0.6 is 0 Å². The molecule has 0 bridgehead atoms. The van der Waals surface area contributed by atoms with Gasteiger partial charge in [-0.15, -0.1) is 0 Å². The smallest absolute Gasteiger partial charge is 0.248 e. The Morgan fingerprint density at radius 1 is 1.09 bits per heavy atom. The highest BCUT2D eigenvalue weighted by atomic mass is 16.3. The SMILES string of the molecule is CC1CCC(n2c3ccccc3c3cnc(Nc4cc5c(cn4)CN(C(=O)CO)CC5)nc32)CC1. The molecule has 0 atom stereocenters. The van der Waals surface area contributed by atoms with Crippen molar-refractivity contribution in [3.05, 3.63) is 53.9 Å². The summed E-state index contributed by atoms with van der Waals surface area (Å²) in [6.45, 7) is 2.96. The van der Waals surface area contributed by atoms with E-state index in [4.69, 9.17) is 10.1 Å². The monoisotopic (exact) mass is 470 g/mol. The predicted molar refractivity (Wildman–Crippen MR) is 135 cm³/mol. The number of aliphatic hydroxyl groups excluding tert-OH is 1. The minimum Gasteiger partial charge on any atom is -0.387 e. The maximum Gasteiger partial charge on any atom is 0.248 e. The lowest BCUT2D eigenvalue weighted by Crippen LogP contribution is -2.37. The number of rotatable bonds is 4. The molecule has 2 N–H and O–H groups in total. The molecular formula is C27H30N6O2. The van der Waals surface area contributed by atoms with Gasteiger partial charge in [0.1, 0.15) is 18.1 Å². The van der Waals surface area contributed by atoms with Crippen molar-refractivity contribution < 1.29 is 9.90 Å². The normalized spacial score (nSPS) is 20.2. The van der Waals surface area contributed by atoms with Gasteiger partial charge in [0, 0.05) is 42.3 Å². The zero-order valence-electron chi connectivity index (χ0n) is 19.9. The van der Waals surface area contributed by atoms with Crippen LogP contribution in [0.3, 0.4) is 0 Å². The number of benzene rings is 1. The first-order valence-electron chi connectivity index (χ1n) is 12.5. The van der Waals surface area contributed by atoms with Gasteiger partial charge >= 0.3 is 0 Å². The molecule has 1 fully saturated rings. The van der Waals surface area contributed by atoms with E-state index in [0.717, 1.165) is 34.5 Å². The standard InChI is InChI=1S/C27H30N6O2/c1-17-6-8-20(9-7-17)33-23-5-3-2-4-21(23)22-14-29-27(31-26(22)33)30-24-12-18-10-11-32(25(35)16-34)15-19(18)13-28-24/h2-5,12-14,17,20,34H,6-11,15-16H2,1H3,(H,28,29,30,31). The zero-order chi connectivity index (χ0) is 23.9. The van der Waals surface area contributed by atoms with E-state index in [9.17, 15) is 4.79 Å². The van der Waals surface area contributed by atoms with Crippen molar-refractivity contribution in [2.45, 2.75) is 51.6 Å². The zero-order valence-corrected chi connectivity index (χ0v) is 19.9. The molecule has 1 saturated carbocycles. The fraction of sp³-hybridized carbons (Fsp3) is 0.407. The van der Waals surface area contributed by atoms with Crippen LogP contribution in [0.5, 0.6) is 0 Å². The van der Waals surface area contributed by atoms with Crippen LogP contribution in [0.1, 0.15) is 49.8 Å². The maximum absolute atomic E-state index is 11.8. The lowest BCUT2D eigenvalue weighted by molar-refractivity contribution is -0.135. The summed E-state index contributed by atoms with van der Waals surface area (Å²) < 4.78 is 2.43. The van der Waals surface area contributed by atoms with E-state index in [1.807, 2.05) is 12.3 Å². The third kappa shape index (κ3) is 4.01. The molecule has 6 rings (SSSR count). The molecule has 0 saturated heterocycles. The number of anilines is 2. The number of amides is 1. The van der Waals surface area contributed by atoms with E-state index in [2.05, 4.69) is 51.0 Å². The van der Waals surface area contributed by atoms with Crippen molar-refractivity contribution in [2.75, 3.05) is 18.5 Å². The van der Waals surface area contributed by atoms with Crippen LogP contribution in [0.4, 0.5) is 11.8 Å². The Kier molecular flexibility index (Phi) is 5.60. The van der Waals surface area contributed by atoms with Gasteiger partial charge in [-0.05, 0) is 61.3 Å². The molecule has 2 aliphatic rings. The number of carbonyl (C=O) groups is 1. The van der Waals surface area contributed by atoms with Crippen molar-refractivity contribution in [3.63, 3.8) is 0 Å². The first kappa shape index (κ1) is 22.0. The van der Waals surface area contributed by atoms with Gasteiger partial charge in [-0.1, -0.05) is 25.1 Å². The number of nitrogens with one attached hydrogen (secondary N) is 1. The first-order chi connectivity index (χ1) is 17.1. The molecule has 35 heavy (non-hydrogen) atoms. The summed E-state index contributed by atoms with van der Waals surface area (Å²) in [4.78, 5) is 27.7. The van der Waals surface area contributed by atoms with Gasteiger partial charge in [0.2, 0.25) is 11.9 Å². The number of aromatic nitrogens is 4. The fourth-order valence-electron chi connectivity index (χ4n) is 5.64. The molecule has 0 radical (unpaired) electrons. The molecule has 4 heterocycles. The Bertz CT molecular complexity index is 1410. The lowest BCUT2D eigenvalue weighted by atomic mass is 9.87. The van der Waals surface area contributed by atoms with Gasteiger partial charge in [0.25, 0.3) is 0 Å². The number of para-hydroxylation sites is 1. The number of pyridine rings is 1. The molecule has 0 spiro atoms. The number of carbonyl (C=O) groups excluding carboxylic acids is 1. The predicted octanol–water partition coefficient (Wildman–Crippen LogP) is 4.35. The number of nitrogens with zero attached hydrogens (tertiary/aromatic N) is 5. The van der Waals surface area contributed by atoms with Crippen molar-refractivity contribution in [1.29, 1.82) is 0 Å². The number of hydrogen-bond donors (Lipinski definition) is 2. The highest BCUT2D eigenvalue weighted by Crippen LogP contribution is 2.38. The Balaban J connectivity index is 1.33. The Labute approximate surface area is 204 Å². The molecule has 1 aromatic carbocycles. The molecule has 1 aliphatic heterocycles. The van der Waals surface area contributed by atoms with E-state index in [1.165, 1.54) is 36.6 Å². The minimum absolute atomic E-state index is 0.248. The summed E-state index contributed by atoms with van der Waals surface area (Å²) >= 11 is 0. The van der Waals surface area contributed by atoms with Crippen molar-refractivity contribution in [2.24, 2.45) is 5.92 Å². The Morgan fingerprint density at radius 3 is 2.74 bits per heavy atom. The van der Waals surface area contributed by atoms with Gasteiger partial charge in [-0.25, -0.2) is 9.97 Å². The molecule has 1 aliphatic carbocycles. The van der Waals surface area contributed by atoms with Crippen LogP contribution in [0.2, 0.25) is 0 Å². The Hall–Kier alpha value is -3.52. The third-order valence-corrected chi connectivity index (χ3v) is 7.62. The average molecular weight is 471 g/mol. The van der Waals surface area contributed by atoms with Crippen LogP contribution < -0.4 is 5.32 Å². The largest absolute Gasteiger partial charge is 0.387 e. The van der Waals surface area contributed by atoms with E-state index in [1.54, 1.807) is 11.1 Å². The second-order valence-electron chi connectivity index (χ2n) is 9.92. The molecule has 4 aromatic rings. The van der Waals surface area contributed by atoms with Gasteiger partial charge in [0.15, 0.2) is 0 Å². The molecule has 0 unspecified atom stereocenters. The van der Waals surface area contributed by atoms with Gasteiger partial charge in [-0.2, -0.15) is 4.98 Å². The lowest BCUT2D eigenvalue weighted by Gasteiger charge is -2.28. The van der Waals surface area contributed by atoms with Crippen molar-refractivity contribution in [1.82, 2.24) is 24.4 Å². The van der Waals surface area contributed by atoms with Crippen LogP contribution in [0.25, 0.3) is 21.9 Å². The molecular weight excluding hydrogens is 440 g/mol. The minimum atomic E-state index is -0.459. The van der Waals surface area contributed by atoms with Crippen LogP contribution in [0.15, 0.2) is 42.7 Å². The van der Waals surface area contributed by atoms with Crippen molar-refractivity contribution in [3.8, 4) is 0 Å².